The van der Waals surface area contributed by atoms with Crippen LogP contribution in [0.15, 0.2) is 243 Å². The molecule has 16 bridgehead atoms. The summed E-state index contributed by atoms with van der Waals surface area (Å²) in [5, 5.41) is 0. The van der Waals surface area contributed by atoms with Crippen molar-refractivity contribution in [1.29, 1.82) is 0 Å². The van der Waals surface area contributed by atoms with Crippen molar-refractivity contribution in [2.75, 3.05) is 0 Å². The van der Waals surface area contributed by atoms with E-state index in [0.29, 0.717) is 0 Å². The average Bonchev–Trinajstić information content (AvgIpc) is 1.63. The minimum atomic E-state index is 0. The molecule has 0 spiro atoms. The van der Waals surface area contributed by atoms with E-state index in [9.17, 15) is 0 Å². The number of hydrogen-bond acceptors (Lipinski definition) is 4. The van der Waals surface area contributed by atoms with Gasteiger partial charge < -0.3 is 25.4 Å². The summed E-state index contributed by atoms with van der Waals surface area (Å²) in [6.07, 6.45) is 17.0. The van der Waals surface area contributed by atoms with Crippen LogP contribution < -0.4 is 19.9 Å². The van der Waals surface area contributed by atoms with E-state index in [0.717, 1.165) is 179 Å². The van der Waals surface area contributed by atoms with Gasteiger partial charge in [-0.15, -0.1) is 44.1 Å². The molecule has 2 N–H and O–H groups in total. The largest absolute Gasteiger partial charge is 2.00 e. The average molecular weight is 1470 g/mol. The second-order valence-electron chi connectivity index (χ2n) is 27.7. The van der Waals surface area contributed by atoms with Gasteiger partial charge in [0, 0.05) is 0 Å². The first-order chi connectivity index (χ1) is 50.7. The van der Waals surface area contributed by atoms with Gasteiger partial charge in [-0.25, -0.2) is 19.9 Å². The molecule has 10 heterocycles. The van der Waals surface area contributed by atoms with E-state index in [1.54, 1.807) is 0 Å². The molecule has 0 amide bonds. The third-order valence-electron chi connectivity index (χ3n) is 19.9. The molecule has 0 atom stereocenters. The molecule has 520 valence electrons. The van der Waals surface area contributed by atoms with Crippen molar-refractivity contribution in [3.05, 3.63) is 333 Å². The molecule has 11 heteroatoms. The Labute approximate surface area is 644 Å². The van der Waals surface area contributed by atoms with E-state index in [-0.39, 0.29) is 39.6 Å². The number of aromatic nitrogens is 8. The van der Waals surface area contributed by atoms with Gasteiger partial charge in [-0.1, -0.05) is 287 Å². The zero-order chi connectivity index (χ0) is 70.7. The van der Waals surface area contributed by atoms with Crippen LogP contribution in [0.5, 0.6) is 0 Å². The maximum absolute atomic E-state index is 5.37. The SMILES string of the molecule is Cc1ccc(-c2c3nc(c(-c4ccc(C)cc4)c4ccc([n-]4)c(-c4ccc(C)cc4)c4nc(c(-c5ccc(C)cc5)c5ccc2[n-]5)C=C4)C=C3)cc1.Cc1ccc(-c2c3nc(c(-c4ccc(C)cc4)c4ccc([n-]4)c(-c4ccc(C)cc4)c4nc(c(-c5ccc(C)cc5)c5ccc2[n-]5)C=C4)C=C3)cc1.O.[Fe+2].[Fe+2]. The zero-order valence-corrected chi connectivity index (χ0v) is 62.7. The van der Waals surface area contributed by atoms with Gasteiger partial charge in [0.15, 0.2) is 0 Å². The van der Waals surface area contributed by atoms with E-state index in [1.165, 1.54) is 44.5 Å². The zero-order valence-electron chi connectivity index (χ0n) is 60.5. The van der Waals surface area contributed by atoms with Crippen molar-refractivity contribution in [3.63, 3.8) is 0 Å². The van der Waals surface area contributed by atoms with Gasteiger partial charge in [0.1, 0.15) is 0 Å². The van der Waals surface area contributed by atoms with E-state index in [2.05, 4.69) is 347 Å². The smallest absolute Gasteiger partial charge is 0.657 e. The Morgan fingerprint density at radius 1 is 0.159 bits per heavy atom. The van der Waals surface area contributed by atoms with Crippen LogP contribution >= 0.6 is 0 Å². The summed E-state index contributed by atoms with van der Waals surface area (Å²) < 4.78 is 0. The maximum Gasteiger partial charge on any atom is 2.00 e. The third-order valence-corrected chi connectivity index (χ3v) is 19.9. The van der Waals surface area contributed by atoms with Gasteiger partial charge in [-0.05, 0) is 193 Å². The molecule has 14 aromatic rings. The normalized spacial score (nSPS) is 11.7. The van der Waals surface area contributed by atoms with E-state index in [1.807, 2.05) is 0 Å². The first-order valence-corrected chi connectivity index (χ1v) is 35.4. The quantitative estimate of drug-likeness (QED) is 0.137. The van der Waals surface area contributed by atoms with Crippen LogP contribution in [-0.4, -0.2) is 25.4 Å². The molecule has 0 saturated carbocycles. The standard InChI is InChI=1S/2C48H36N4.2Fe.H2O/c2*1-29-5-13-33(14-6-29)45-37-21-23-39(49-37)46(34-15-7-30(2)8-16-34)41-25-27-43(51-41)48(36-19-11-32(4)12-20-36)44-28-26-42(52-44)47(40-24-22-38(45)50-40)35-17-9-31(3)10-18-35;;;/h2*5-28H,1-4H3;;;1H2/q2*-2;2*+2;. The maximum atomic E-state index is 5.37. The van der Waals surface area contributed by atoms with Gasteiger partial charge in [-0.2, -0.15) is 0 Å². The van der Waals surface area contributed by atoms with E-state index >= 15 is 0 Å². The molecule has 0 aliphatic carbocycles. The van der Waals surface area contributed by atoms with Crippen LogP contribution in [0, 0.1) is 55.4 Å². The van der Waals surface area contributed by atoms with Crippen molar-refractivity contribution in [1.82, 2.24) is 39.9 Å². The molecule has 4 aliphatic heterocycles. The summed E-state index contributed by atoms with van der Waals surface area (Å²) >= 11 is 0. The molecule has 0 radical (unpaired) electrons. The van der Waals surface area contributed by atoms with Crippen molar-refractivity contribution in [2.24, 2.45) is 0 Å². The second-order valence-corrected chi connectivity index (χ2v) is 27.7. The van der Waals surface area contributed by atoms with Crippen molar-refractivity contribution in [3.8, 4) is 89.0 Å². The molecule has 9 nitrogen and oxygen atoms in total. The number of benzene rings is 8. The summed E-state index contributed by atoms with van der Waals surface area (Å²) in [5.41, 5.74) is 39.9. The second kappa shape index (κ2) is 30.2. The molecule has 0 saturated heterocycles. The molecular weight excluding hydrogens is 1390 g/mol. The summed E-state index contributed by atoms with van der Waals surface area (Å²) in [5.74, 6) is 0. The van der Waals surface area contributed by atoms with Gasteiger partial charge in [0.2, 0.25) is 0 Å². The van der Waals surface area contributed by atoms with Crippen molar-refractivity contribution in [2.45, 2.75) is 55.4 Å². The van der Waals surface area contributed by atoms with Gasteiger partial charge in [-0.3, -0.25) is 0 Å². The molecule has 0 fully saturated rings. The van der Waals surface area contributed by atoms with Crippen LogP contribution in [0.3, 0.4) is 0 Å². The summed E-state index contributed by atoms with van der Waals surface area (Å²) in [4.78, 5) is 43.0. The van der Waals surface area contributed by atoms with Crippen molar-refractivity contribution < 1.29 is 39.6 Å². The minimum Gasteiger partial charge on any atom is -0.657 e. The first kappa shape index (κ1) is 71.9. The summed E-state index contributed by atoms with van der Waals surface area (Å²) in [7, 11) is 0. The van der Waals surface area contributed by atoms with Gasteiger partial charge in [0.05, 0.1) is 45.6 Å². The fourth-order valence-electron chi connectivity index (χ4n) is 14.3. The number of hydrogen-bond donors (Lipinski definition) is 0. The number of fused-ring (bicyclic) bond motifs is 16. The predicted molar refractivity (Wildman–Crippen MR) is 439 cm³/mol. The number of aryl methyl sites for hydroxylation is 8. The third kappa shape index (κ3) is 14.3. The number of rotatable bonds is 8. The van der Waals surface area contributed by atoms with Crippen LogP contribution in [0.1, 0.15) is 90.1 Å². The monoisotopic (exact) mass is 1470 g/mol. The summed E-state index contributed by atoms with van der Waals surface area (Å²) in [6.45, 7) is 16.9. The Hall–Kier alpha value is -12.0. The van der Waals surface area contributed by atoms with Crippen LogP contribution in [0.25, 0.3) is 182 Å². The Kier molecular flexibility index (Phi) is 20.3. The molecule has 8 aromatic carbocycles. The van der Waals surface area contributed by atoms with Gasteiger partial charge >= 0.3 is 34.1 Å². The van der Waals surface area contributed by atoms with Crippen LogP contribution in [0.2, 0.25) is 0 Å². The molecule has 4 aliphatic rings. The number of nitrogens with zero attached hydrogens (tertiary/aromatic N) is 8. The topological polar surface area (TPSA) is 139 Å². The molecule has 18 rings (SSSR count). The minimum absolute atomic E-state index is 0. The first-order valence-electron chi connectivity index (χ1n) is 35.4. The molecular formula is C96H74Fe2N8O. The van der Waals surface area contributed by atoms with Gasteiger partial charge in [0.25, 0.3) is 0 Å². The Morgan fingerprint density at radius 2 is 0.262 bits per heavy atom. The molecule has 6 aromatic heterocycles. The summed E-state index contributed by atoms with van der Waals surface area (Å²) in [6, 6.07) is 86.0. The van der Waals surface area contributed by atoms with E-state index in [4.69, 9.17) is 39.9 Å². The fraction of sp³-hybridized carbons (Fsp3) is 0.0833. The van der Waals surface area contributed by atoms with Crippen LogP contribution in [-0.2, 0) is 34.1 Å². The Bertz CT molecular complexity index is 5100. The predicted octanol–water partition coefficient (Wildman–Crippen LogP) is 22.8. The van der Waals surface area contributed by atoms with E-state index < -0.39 is 0 Å². The Morgan fingerprint density at radius 3 is 0.364 bits per heavy atom. The Balaban J connectivity index is 0.000000175. The van der Waals surface area contributed by atoms with Crippen molar-refractivity contribution >= 4 is 92.7 Å². The molecule has 107 heavy (non-hydrogen) atoms. The fourth-order valence-corrected chi connectivity index (χ4v) is 14.3. The van der Waals surface area contributed by atoms with Crippen LogP contribution in [0.4, 0.5) is 0 Å². The molecule has 0 unspecified atom stereocenters.